The lowest BCUT2D eigenvalue weighted by Gasteiger charge is -2.28. The minimum absolute atomic E-state index is 0.937. The van der Waals surface area contributed by atoms with Crippen LogP contribution in [0.25, 0.3) is 0 Å². The van der Waals surface area contributed by atoms with Gasteiger partial charge in [-0.2, -0.15) is 0 Å². The maximum absolute atomic E-state index is 3.58. The second-order valence-electron chi connectivity index (χ2n) is 6.10. The number of hydrogen-bond acceptors (Lipinski definition) is 1. The maximum Gasteiger partial charge on any atom is -0.00180 e. The first-order valence-corrected chi connectivity index (χ1v) is 7.98. The average molecular weight is 239 g/mol. The summed E-state index contributed by atoms with van der Waals surface area (Å²) in [6, 6.07) is 0. The van der Waals surface area contributed by atoms with E-state index in [1.807, 2.05) is 0 Å². The van der Waals surface area contributed by atoms with E-state index < -0.39 is 0 Å². The monoisotopic (exact) mass is 239 g/mol. The molecule has 1 aliphatic rings. The molecule has 1 rings (SSSR count). The Labute approximate surface area is 109 Å². The molecule has 3 unspecified atom stereocenters. The topological polar surface area (TPSA) is 12.0 Å². The molecule has 1 nitrogen and oxygen atoms in total. The van der Waals surface area contributed by atoms with E-state index in [1.54, 1.807) is 0 Å². The largest absolute Gasteiger partial charge is 0.317 e. The van der Waals surface area contributed by atoms with E-state index in [4.69, 9.17) is 0 Å². The van der Waals surface area contributed by atoms with Crippen molar-refractivity contribution in [2.75, 3.05) is 13.1 Å². The van der Waals surface area contributed by atoms with Crippen LogP contribution in [0.1, 0.15) is 72.1 Å². The van der Waals surface area contributed by atoms with Crippen molar-refractivity contribution in [3.05, 3.63) is 0 Å². The van der Waals surface area contributed by atoms with Crippen molar-refractivity contribution in [2.24, 2.45) is 17.8 Å². The Balaban J connectivity index is 2.43. The zero-order chi connectivity index (χ0) is 12.5. The predicted octanol–water partition coefficient (Wildman–Crippen LogP) is 4.62. The molecule has 0 spiro atoms. The first-order chi connectivity index (χ1) is 8.27. The van der Waals surface area contributed by atoms with Crippen molar-refractivity contribution >= 4 is 0 Å². The highest BCUT2D eigenvalue weighted by atomic mass is 14.8. The summed E-state index contributed by atoms with van der Waals surface area (Å²) >= 11 is 0. The average Bonchev–Trinajstić information content (AvgIpc) is 2.52. The maximum atomic E-state index is 3.58. The third-order valence-corrected chi connectivity index (χ3v) is 4.46. The van der Waals surface area contributed by atoms with Gasteiger partial charge in [-0.15, -0.1) is 0 Å². The fourth-order valence-electron chi connectivity index (χ4n) is 3.50. The molecule has 1 heteroatoms. The molecule has 1 aliphatic carbocycles. The number of rotatable bonds is 7. The van der Waals surface area contributed by atoms with Crippen LogP contribution in [0.4, 0.5) is 0 Å². The smallest absolute Gasteiger partial charge is 0.00180 e. The van der Waals surface area contributed by atoms with Crippen LogP contribution in [0.5, 0.6) is 0 Å². The minimum atomic E-state index is 0.937. The van der Waals surface area contributed by atoms with Crippen molar-refractivity contribution < 1.29 is 0 Å². The van der Waals surface area contributed by atoms with Gasteiger partial charge in [0.15, 0.2) is 0 Å². The number of hydrogen-bond donors (Lipinski definition) is 1. The molecule has 0 radical (unpaired) electrons. The van der Waals surface area contributed by atoms with Gasteiger partial charge in [-0.05, 0) is 43.7 Å². The van der Waals surface area contributed by atoms with Gasteiger partial charge >= 0.3 is 0 Å². The third-order valence-electron chi connectivity index (χ3n) is 4.46. The standard InChI is InChI=1S/C16H33N/c1-4-9-14(3)12-15-10-7-6-8-11-16(15)13-17-5-2/h14-17H,4-13H2,1-3H3. The van der Waals surface area contributed by atoms with Gasteiger partial charge in [-0.1, -0.05) is 59.3 Å². The first kappa shape index (κ1) is 15.0. The van der Waals surface area contributed by atoms with E-state index in [2.05, 4.69) is 26.1 Å². The van der Waals surface area contributed by atoms with Crippen molar-refractivity contribution in [3.63, 3.8) is 0 Å². The summed E-state index contributed by atoms with van der Waals surface area (Å²) in [5, 5.41) is 3.58. The lowest BCUT2D eigenvalue weighted by atomic mass is 9.80. The van der Waals surface area contributed by atoms with E-state index in [9.17, 15) is 0 Å². The van der Waals surface area contributed by atoms with Gasteiger partial charge < -0.3 is 5.32 Å². The zero-order valence-electron chi connectivity index (χ0n) is 12.3. The quantitative estimate of drug-likeness (QED) is 0.639. The van der Waals surface area contributed by atoms with Crippen LogP contribution in [-0.2, 0) is 0 Å². The summed E-state index contributed by atoms with van der Waals surface area (Å²) < 4.78 is 0. The Morgan fingerprint density at radius 1 is 1.06 bits per heavy atom. The van der Waals surface area contributed by atoms with E-state index >= 15 is 0 Å². The van der Waals surface area contributed by atoms with Crippen LogP contribution < -0.4 is 5.32 Å². The van der Waals surface area contributed by atoms with Gasteiger partial charge in [-0.25, -0.2) is 0 Å². The SMILES string of the molecule is CCCC(C)CC1CCCCCC1CNCC. The Kier molecular flexibility index (Phi) is 7.92. The lowest BCUT2D eigenvalue weighted by Crippen LogP contribution is -2.28. The fraction of sp³-hybridized carbons (Fsp3) is 1.00. The van der Waals surface area contributed by atoms with Crippen LogP contribution in [0.3, 0.4) is 0 Å². The van der Waals surface area contributed by atoms with Crippen molar-refractivity contribution in [1.29, 1.82) is 0 Å². The molecule has 1 saturated carbocycles. The molecule has 17 heavy (non-hydrogen) atoms. The molecule has 0 bridgehead atoms. The summed E-state index contributed by atoms with van der Waals surface area (Å²) in [4.78, 5) is 0. The second kappa shape index (κ2) is 8.97. The molecule has 0 heterocycles. The zero-order valence-corrected chi connectivity index (χ0v) is 12.3. The van der Waals surface area contributed by atoms with E-state index in [-0.39, 0.29) is 0 Å². The van der Waals surface area contributed by atoms with E-state index in [0.717, 1.165) is 24.3 Å². The molecule has 0 aliphatic heterocycles. The minimum Gasteiger partial charge on any atom is -0.317 e. The first-order valence-electron chi connectivity index (χ1n) is 7.98. The highest BCUT2D eigenvalue weighted by Gasteiger charge is 2.24. The van der Waals surface area contributed by atoms with Crippen molar-refractivity contribution in [3.8, 4) is 0 Å². The summed E-state index contributed by atoms with van der Waals surface area (Å²) in [5.74, 6) is 2.89. The van der Waals surface area contributed by atoms with E-state index in [0.29, 0.717) is 0 Å². The Morgan fingerprint density at radius 2 is 1.76 bits per heavy atom. The fourth-order valence-corrected chi connectivity index (χ4v) is 3.50. The molecular formula is C16H33N. The molecule has 1 fully saturated rings. The molecular weight excluding hydrogens is 206 g/mol. The molecule has 0 aromatic carbocycles. The van der Waals surface area contributed by atoms with Crippen LogP contribution in [-0.4, -0.2) is 13.1 Å². The summed E-state index contributed by atoms with van der Waals surface area (Å²) in [6.07, 6.45) is 11.6. The van der Waals surface area contributed by atoms with Crippen LogP contribution in [0.15, 0.2) is 0 Å². The Morgan fingerprint density at radius 3 is 2.41 bits per heavy atom. The van der Waals surface area contributed by atoms with Crippen molar-refractivity contribution in [1.82, 2.24) is 5.32 Å². The second-order valence-corrected chi connectivity index (χ2v) is 6.10. The molecule has 0 aromatic rings. The summed E-state index contributed by atoms with van der Waals surface area (Å²) in [5.41, 5.74) is 0. The molecule has 0 saturated heterocycles. The van der Waals surface area contributed by atoms with Gasteiger partial charge in [0.05, 0.1) is 0 Å². The van der Waals surface area contributed by atoms with E-state index in [1.165, 1.54) is 57.9 Å². The molecule has 3 atom stereocenters. The lowest BCUT2D eigenvalue weighted by molar-refractivity contribution is 0.246. The van der Waals surface area contributed by atoms with Crippen LogP contribution >= 0.6 is 0 Å². The van der Waals surface area contributed by atoms with Crippen LogP contribution in [0.2, 0.25) is 0 Å². The highest BCUT2D eigenvalue weighted by Crippen LogP contribution is 2.33. The Bertz CT molecular complexity index is 178. The highest BCUT2D eigenvalue weighted by molar-refractivity contribution is 4.77. The third kappa shape index (κ3) is 5.90. The van der Waals surface area contributed by atoms with Gasteiger partial charge in [-0.3, -0.25) is 0 Å². The van der Waals surface area contributed by atoms with Crippen molar-refractivity contribution in [2.45, 2.75) is 72.1 Å². The van der Waals surface area contributed by atoms with Gasteiger partial charge in [0.1, 0.15) is 0 Å². The van der Waals surface area contributed by atoms with Gasteiger partial charge in [0.2, 0.25) is 0 Å². The summed E-state index contributed by atoms with van der Waals surface area (Å²) in [6.45, 7) is 9.40. The summed E-state index contributed by atoms with van der Waals surface area (Å²) in [7, 11) is 0. The number of nitrogens with one attached hydrogen (secondary N) is 1. The van der Waals surface area contributed by atoms with Crippen LogP contribution in [0, 0.1) is 17.8 Å². The molecule has 102 valence electrons. The Hall–Kier alpha value is -0.0400. The molecule has 0 aromatic heterocycles. The van der Waals surface area contributed by atoms with Gasteiger partial charge in [0, 0.05) is 0 Å². The molecule has 0 amide bonds. The van der Waals surface area contributed by atoms with Gasteiger partial charge in [0.25, 0.3) is 0 Å². The molecule has 1 N–H and O–H groups in total. The normalized spacial score (nSPS) is 27.7. The predicted molar refractivity (Wildman–Crippen MR) is 77.3 cm³/mol.